The molecule has 0 fully saturated rings. The monoisotopic (exact) mass is 533 g/mol. The second-order valence-corrected chi connectivity index (χ2v) is 8.98. The summed E-state index contributed by atoms with van der Waals surface area (Å²) in [5, 5.41) is 6.99. The van der Waals surface area contributed by atoms with Crippen molar-refractivity contribution in [2.45, 2.75) is 0 Å². The van der Waals surface area contributed by atoms with Crippen LogP contribution >= 0.6 is 35.4 Å². The van der Waals surface area contributed by atoms with Crippen molar-refractivity contribution in [2.75, 3.05) is 5.32 Å². The number of oxazole rings is 1. The number of benzene rings is 3. The third kappa shape index (κ3) is 5.66. The number of amides is 1. The molecule has 5 aromatic rings. The summed E-state index contributed by atoms with van der Waals surface area (Å²) in [5.41, 5.74) is 3.73. The van der Waals surface area contributed by atoms with Crippen LogP contribution in [0.1, 0.15) is 5.76 Å². The summed E-state index contributed by atoms with van der Waals surface area (Å²) in [6.45, 7) is 0. The molecule has 0 aliphatic heterocycles. The molecule has 178 valence electrons. The number of fused-ring (bicyclic) bond motifs is 1. The van der Waals surface area contributed by atoms with Crippen molar-refractivity contribution in [1.82, 2.24) is 10.3 Å². The smallest absolute Gasteiger partial charge is 0.250 e. The van der Waals surface area contributed by atoms with Crippen molar-refractivity contribution in [3.8, 4) is 22.8 Å². The number of nitrogens with one attached hydrogen (secondary N) is 2. The first-order valence-corrected chi connectivity index (χ1v) is 11.9. The molecule has 0 bridgehead atoms. The molecule has 2 aromatic heterocycles. The molecule has 6 nitrogen and oxygen atoms in total. The fourth-order valence-electron chi connectivity index (χ4n) is 3.41. The lowest BCUT2D eigenvalue weighted by atomic mass is 10.2. The maximum absolute atomic E-state index is 12.3. The number of anilines is 1. The Labute approximate surface area is 221 Å². The number of hydrogen-bond donors (Lipinski definition) is 2. The van der Waals surface area contributed by atoms with Gasteiger partial charge in [-0.25, -0.2) is 4.98 Å². The Morgan fingerprint density at radius 3 is 2.36 bits per heavy atom. The van der Waals surface area contributed by atoms with Crippen molar-refractivity contribution in [1.29, 1.82) is 0 Å². The molecule has 2 N–H and O–H groups in total. The number of nitrogens with zero attached hydrogens (tertiary/aromatic N) is 1. The number of carbonyl (C=O) groups excluding carboxylic acids is 1. The first-order chi connectivity index (χ1) is 17.4. The highest BCUT2D eigenvalue weighted by Crippen LogP contribution is 2.27. The first-order valence-electron chi connectivity index (χ1n) is 10.8. The molecule has 0 spiro atoms. The Hall–Kier alpha value is -3.91. The first kappa shape index (κ1) is 23.8. The molecule has 0 aliphatic rings. The van der Waals surface area contributed by atoms with Gasteiger partial charge in [0.1, 0.15) is 17.0 Å². The number of thiocarbonyl (C=S) groups is 1. The van der Waals surface area contributed by atoms with Crippen molar-refractivity contribution in [3.63, 3.8) is 0 Å². The van der Waals surface area contributed by atoms with Gasteiger partial charge in [-0.05, 0) is 97.2 Å². The van der Waals surface area contributed by atoms with Crippen LogP contribution in [0.15, 0.2) is 93.8 Å². The van der Waals surface area contributed by atoms with Gasteiger partial charge in [0, 0.05) is 32.9 Å². The highest BCUT2D eigenvalue weighted by Gasteiger charge is 2.09. The number of rotatable bonds is 5. The second kappa shape index (κ2) is 10.4. The van der Waals surface area contributed by atoms with Crippen LogP contribution in [0.5, 0.6) is 0 Å². The van der Waals surface area contributed by atoms with Crippen LogP contribution in [0, 0.1) is 0 Å². The number of halogens is 2. The zero-order chi connectivity index (χ0) is 25.1. The topological polar surface area (TPSA) is 80.3 Å². The lowest BCUT2D eigenvalue weighted by molar-refractivity contribution is -0.115. The lowest BCUT2D eigenvalue weighted by Crippen LogP contribution is -2.32. The molecule has 36 heavy (non-hydrogen) atoms. The minimum absolute atomic E-state index is 0.162. The van der Waals surface area contributed by atoms with Crippen LogP contribution in [0.25, 0.3) is 40.0 Å². The summed E-state index contributed by atoms with van der Waals surface area (Å²) in [4.78, 5) is 16.7. The van der Waals surface area contributed by atoms with Crippen molar-refractivity contribution < 1.29 is 13.6 Å². The minimum Gasteiger partial charge on any atom is -0.457 e. The standard InChI is InChI=1S/C27H17Cl2N3O3S/c28-18-5-1-16(2-6-18)23-13-10-21(34-23)11-14-25(33)32-27(36)30-20-8-3-17(4-9-20)26-31-22-15-19(29)7-12-24(22)35-26/h1-15H,(H2,30,32,33,36). The number of aromatic nitrogens is 1. The molecule has 5 rings (SSSR count). The van der Waals surface area contributed by atoms with Gasteiger partial charge in [0.15, 0.2) is 10.7 Å². The molecule has 0 aliphatic carbocycles. The Bertz CT molecular complexity index is 1590. The van der Waals surface area contributed by atoms with E-state index >= 15 is 0 Å². The van der Waals surface area contributed by atoms with Crippen molar-refractivity contribution in [3.05, 3.63) is 101 Å². The normalized spacial score (nSPS) is 11.2. The van der Waals surface area contributed by atoms with E-state index in [0.717, 1.165) is 11.1 Å². The third-order valence-corrected chi connectivity index (χ3v) is 5.82. The van der Waals surface area contributed by atoms with E-state index in [2.05, 4.69) is 15.6 Å². The van der Waals surface area contributed by atoms with E-state index in [4.69, 9.17) is 44.3 Å². The Kier molecular flexibility index (Phi) is 6.86. The summed E-state index contributed by atoms with van der Waals surface area (Å²) in [6.07, 6.45) is 2.92. The summed E-state index contributed by atoms with van der Waals surface area (Å²) in [6, 6.07) is 23.5. The molecule has 3 aromatic carbocycles. The quantitative estimate of drug-likeness (QED) is 0.179. The van der Waals surface area contributed by atoms with E-state index in [-0.39, 0.29) is 5.11 Å². The molecular weight excluding hydrogens is 517 g/mol. The van der Waals surface area contributed by atoms with Gasteiger partial charge in [-0.1, -0.05) is 23.2 Å². The molecule has 2 heterocycles. The van der Waals surface area contributed by atoms with Gasteiger partial charge in [0.25, 0.3) is 0 Å². The van der Waals surface area contributed by atoms with Gasteiger partial charge < -0.3 is 14.2 Å². The average molecular weight is 534 g/mol. The SMILES string of the molecule is O=C(C=Cc1ccc(-c2ccc(Cl)cc2)o1)NC(=S)Nc1ccc(-c2nc3cc(Cl)ccc3o2)cc1. The fourth-order valence-corrected chi connectivity index (χ4v) is 3.92. The van der Waals surface area contributed by atoms with Crippen LogP contribution in [-0.2, 0) is 4.79 Å². The van der Waals surface area contributed by atoms with Gasteiger partial charge >= 0.3 is 0 Å². The van der Waals surface area contributed by atoms with Crippen LogP contribution in [-0.4, -0.2) is 16.0 Å². The molecule has 0 unspecified atom stereocenters. The highest BCUT2D eigenvalue weighted by molar-refractivity contribution is 7.80. The Morgan fingerprint density at radius 1 is 0.861 bits per heavy atom. The Balaban J connectivity index is 1.16. The maximum atomic E-state index is 12.3. The van der Waals surface area contributed by atoms with E-state index in [9.17, 15) is 4.79 Å². The largest absolute Gasteiger partial charge is 0.457 e. The maximum Gasteiger partial charge on any atom is 0.250 e. The van der Waals surface area contributed by atoms with Gasteiger partial charge in [-0.15, -0.1) is 0 Å². The van der Waals surface area contributed by atoms with E-state index in [0.29, 0.717) is 44.2 Å². The second-order valence-electron chi connectivity index (χ2n) is 7.69. The summed E-state index contributed by atoms with van der Waals surface area (Å²) < 4.78 is 11.5. The van der Waals surface area contributed by atoms with Crippen LogP contribution in [0.4, 0.5) is 5.69 Å². The molecule has 0 saturated heterocycles. The van der Waals surface area contributed by atoms with Crippen molar-refractivity contribution in [2.24, 2.45) is 0 Å². The van der Waals surface area contributed by atoms with E-state index in [1.165, 1.54) is 6.08 Å². The molecular formula is C27H17Cl2N3O3S. The lowest BCUT2D eigenvalue weighted by Gasteiger charge is -2.08. The molecule has 0 saturated carbocycles. The van der Waals surface area contributed by atoms with E-state index < -0.39 is 5.91 Å². The molecule has 9 heteroatoms. The summed E-state index contributed by atoms with van der Waals surface area (Å²) in [5.74, 6) is 1.30. The number of hydrogen-bond acceptors (Lipinski definition) is 5. The zero-order valence-electron chi connectivity index (χ0n) is 18.5. The Morgan fingerprint density at radius 2 is 1.58 bits per heavy atom. The van der Waals surface area contributed by atoms with Gasteiger partial charge in [0.05, 0.1) is 0 Å². The van der Waals surface area contributed by atoms with Crippen LogP contribution in [0.2, 0.25) is 10.0 Å². The van der Waals surface area contributed by atoms with E-state index in [1.54, 1.807) is 42.5 Å². The predicted molar refractivity (Wildman–Crippen MR) is 147 cm³/mol. The predicted octanol–water partition coefficient (Wildman–Crippen LogP) is 7.59. The average Bonchev–Trinajstić information content (AvgIpc) is 3.50. The highest BCUT2D eigenvalue weighted by atomic mass is 35.5. The number of furan rings is 1. The fraction of sp³-hybridized carbons (Fsp3) is 0. The third-order valence-electron chi connectivity index (χ3n) is 5.13. The van der Waals surface area contributed by atoms with Gasteiger partial charge in [0.2, 0.25) is 11.8 Å². The number of carbonyl (C=O) groups is 1. The molecule has 1 amide bonds. The van der Waals surface area contributed by atoms with Gasteiger partial charge in [-0.3, -0.25) is 10.1 Å². The summed E-state index contributed by atoms with van der Waals surface area (Å²) in [7, 11) is 0. The summed E-state index contributed by atoms with van der Waals surface area (Å²) >= 11 is 17.2. The zero-order valence-corrected chi connectivity index (χ0v) is 20.8. The van der Waals surface area contributed by atoms with Gasteiger partial charge in [-0.2, -0.15) is 0 Å². The van der Waals surface area contributed by atoms with Crippen molar-refractivity contribution >= 4 is 69.3 Å². The molecule has 0 radical (unpaired) electrons. The van der Waals surface area contributed by atoms with Crippen LogP contribution < -0.4 is 10.6 Å². The van der Waals surface area contributed by atoms with Crippen LogP contribution in [0.3, 0.4) is 0 Å². The van der Waals surface area contributed by atoms with E-state index in [1.807, 2.05) is 42.5 Å². The minimum atomic E-state index is -0.390. The molecule has 0 atom stereocenters.